The van der Waals surface area contributed by atoms with Crippen molar-refractivity contribution in [2.45, 2.75) is 33.0 Å². The summed E-state index contributed by atoms with van der Waals surface area (Å²) < 4.78 is 8.60. The van der Waals surface area contributed by atoms with Crippen molar-refractivity contribution in [3.8, 4) is 5.75 Å². The summed E-state index contributed by atoms with van der Waals surface area (Å²) in [6, 6.07) is 15.2. The molecular weight excluding hydrogens is 380 g/mol. The number of fused-ring (bicyclic) bond motifs is 3. The predicted octanol–water partition coefficient (Wildman–Crippen LogP) is 2.93. The van der Waals surface area contributed by atoms with Crippen LogP contribution in [0.4, 0.5) is 0 Å². The summed E-state index contributed by atoms with van der Waals surface area (Å²) in [5.74, 6) is 0.587. The first-order valence-electron chi connectivity index (χ1n) is 9.86. The molecule has 0 aliphatic carbocycles. The minimum atomic E-state index is -0.184. The molecule has 4 rings (SSSR count). The van der Waals surface area contributed by atoms with Crippen LogP contribution in [0.5, 0.6) is 5.75 Å². The highest BCUT2D eigenvalue weighted by Gasteiger charge is 2.18. The summed E-state index contributed by atoms with van der Waals surface area (Å²) in [5.41, 5.74) is 2.60. The second-order valence-corrected chi connectivity index (χ2v) is 7.55. The molecular formula is C23H24N4O3. The van der Waals surface area contributed by atoms with Crippen LogP contribution in [0.2, 0.25) is 0 Å². The van der Waals surface area contributed by atoms with Crippen LogP contribution in [0.15, 0.2) is 59.7 Å². The number of hydrogen-bond donors (Lipinski definition) is 1. The van der Waals surface area contributed by atoms with Gasteiger partial charge in [0.05, 0.1) is 25.5 Å². The highest BCUT2D eigenvalue weighted by molar-refractivity contribution is 6.06. The number of aromatic nitrogens is 3. The molecule has 0 radical (unpaired) electrons. The van der Waals surface area contributed by atoms with Gasteiger partial charge in [0.15, 0.2) is 0 Å². The van der Waals surface area contributed by atoms with Crippen molar-refractivity contribution in [1.82, 2.24) is 19.4 Å². The number of amides is 1. The molecule has 0 spiro atoms. The third-order valence-electron chi connectivity index (χ3n) is 4.97. The van der Waals surface area contributed by atoms with Gasteiger partial charge in [-0.3, -0.25) is 14.2 Å². The van der Waals surface area contributed by atoms with Crippen LogP contribution in [0.3, 0.4) is 0 Å². The fourth-order valence-corrected chi connectivity index (χ4v) is 3.70. The Balaban J connectivity index is 1.85. The van der Waals surface area contributed by atoms with Gasteiger partial charge in [-0.05, 0) is 37.6 Å². The highest BCUT2D eigenvalue weighted by Crippen LogP contribution is 2.25. The van der Waals surface area contributed by atoms with E-state index in [1.54, 1.807) is 22.6 Å². The van der Waals surface area contributed by atoms with E-state index in [9.17, 15) is 9.59 Å². The largest absolute Gasteiger partial charge is 0.497 e. The molecule has 0 saturated carbocycles. The molecule has 2 heterocycles. The third-order valence-corrected chi connectivity index (χ3v) is 4.97. The van der Waals surface area contributed by atoms with Gasteiger partial charge in [0.2, 0.25) is 5.91 Å². The second kappa shape index (κ2) is 8.02. The number of hydrogen-bond acceptors (Lipinski definition) is 4. The molecule has 0 unspecified atom stereocenters. The highest BCUT2D eigenvalue weighted by atomic mass is 16.5. The Kier molecular flexibility index (Phi) is 5.27. The molecule has 1 N–H and O–H groups in total. The van der Waals surface area contributed by atoms with Gasteiger partial charge < -0.3 is 14.6 Å². The fourth-order valence-electron chi connectivity index (χ4n) is 3.70. The van der Waals surface area contributed by atoms with Gasteiger partial charge in [-0.1, -0.05) is 30.3 Å². The van der Waals surface area contributed by atoms with Gasteiger partial charge in [-0.15, -0.1) is 0 Å². The van der Waals surface area contributed by atoms with Crippen LogP contribution in [0.25, 0.3) is 21.9 Å². The Morgan fingerprint density at radius 3 is 2.73 bits per heavy atom. The Bertz CT molecular complexity index is 1290. The van der Waals surface area contributed by atoms with Gasteiger partial charge in [-0.25, -0.2) is 4.98 Å². The standard InChI is InChI=1S/C23H24N4O3/c1-15(2)25-20(28)13-27-19-10-5-4-9-18(19)21-22(27)23(29)26(14-24-21)12-16-7-6-8-17(11-16)30-3/h4-11,14-15H,12-13H2,1-3H3,(H,25,28). The molecule has 30 heavy (non-hydrogen) atoms. The van der Waals surface area contributed by atoms with E-state index in [0.717, 1.165) is 22.2 Å². The lowest BCUT2D eigenvalue weighted by Crippen LogP contribution is -2.33. The summed E-state index contributed by atoms with van der Waals surface area (Å²) in [4.78, 5) is 30.5. The second-order valence-electron chi connectivity index (χ2n) is 7.55. The first kappa shape index (κ1) is 19.7. The smallest absolute Gasteiger partial charge is 0.278 e. The molecule has 7 nitrogen and oxygen atoms in total. The quantitative estimate of drug-likeness (QED) is 0.536. The third kappa shape index (κ3) is 3.66. The van der Waals surface area contributed by atoms with E-state index in [-0.39, 0.29) is 24.1 Å². The van der Waals surface area contributed by atoms with Crippen LogP contribution >= 0.6 is 0 Å². The molecule has 7 heteroatoms. The molecule has 2 aromatic carbocycles. The van der Waals surface area contributed by atoms with Gasteiger partial charge in [0.25, 0.3) is 5.56 Å². The monoisotopic (exact) mass is 404 g/mol. The molecule has 4 aromatic rings. The molecule has 0 atom stereocenters. The average Bonchev–Trinajstić information content (AvgIpc) is 3.04. The van der Waals surface area contributed by atoms with E-state index in [2.05, 4.69) is 10.3 Å². The van der Waals surface area contributed by atoms with E-state index < -0.39 is 0 Å². The van der Waals surface area contributed by atoms with Crippen molar-refractivity contribution in [3.63, 3.8) is 0 Å². The molecule has 0 bridgehead atoms. The zero-order chi connectivity index (χ0) is 21.3. The lowest BCUT2D eigenvalue weighted by molar-refractivity contribution is -0.122. The molecule has 0 aliphatic heterocycles. The maximum Gasteiger partial charge on any atom is 0.278 e. The zero-order valence-electron chi connectivity index (χ0n) is 17.3. The van der Waals surface area contributed by atoms with Crippen molar-refractivity contribution in [3.05, 3.63) is 70.8 Å². The van der Waals surface area contributed by atoms with Crippen LogP contribution in [-0.2, 0) is 17.9 Å². The maximum absolute atomic E-state index is 13.4. The number of nitrogens with one attached hydrogen (secondary N) is 1. The minimum absolute atomic E-state index is 0.0217. The van der Waals surface area contributed by atoms with Crippen LogP contribution in [0, 0.1) is 0 Å². The lowest BCUT2D eigenvalue weighted by Gasteiger charge is -2.11. The van der Waals surface area contributed by atoms with Crippen molar-refractivity contribution in [2.24, 2.45) is 0 Å². The molecule has 0 aliphatic rings. The molecule has 0 fully saturated rings. The maximum atomic E-state index is 13.4. The lowest BCUT2D eigenvalue weighted by atomic mass is 10.2. The number of ether oxygens (including phenoxy) is 1. The van der Waals surface area contributed by atoms with Crippen molar-refractivity contribution in [2.75, 3.05) is 7.11 Å². The molecule has 0 saturated heterocycles. The number of para-hydroxylation sites is 1. The zero-order valence-corrected chi connectivity index (χ0v) is 17.3. The molecule has 1 amide bonds. The summed E-state index contributed by atoms with van der Waals surface area (Å²) in [5, 5.41) is 3.75. The van der Waals surface area contributed by atoms with Gasteiger partial charge in [0, 0.05) is 11.4 Å². The fraction of sp³-hybridized carbons (Fsp3) is 0.261. The number of nitrogens with zero attached hydrogens (tertiary/aromatic N) is 3. The number of methoxy groups -OCH3 is 1. The van der Waals surface area contributed by atoms with Gasteiger partial charge in [0.1, 0.15) is 23.3 Å². The van der Waals surface area contributed by atoms with Crippen molar-refractivity contribution < 1.29 is 9.53 Å². The van der Waals surface area contributed by atoms with Crippen molar-refractivity contribution >= 4 is 27.8 Å². The Labute approximate surface area is 173 Å². The topological polar surface area (TPSA) is 78.2 Å². The number of benzene rings is 2. The van der Waals surface area contributed by atoms with E-state index in [0.29, 0.717) is 17.6 Å². The van der Waals surface area contributed by atoms with E-state index in [1.807, 2.05) is 62.4 Å². The summed E-state index contributed by atoms with van der Waals surface area (Å²) in [6.07, 6.45) is 1.56. The van der Waals surface area contributed by atoms with Crippen molar-refractivity contribution in [1.29, 1.82) is 0 Å². The molecule has 2 aromatic heterocycles. The summed E-state index contributed by atoms with van der Waals surface area (Å²) >= 11 is 0. The summed E-state index contributed by atoms with van der Waals surface area (Å²) in [7, 11) is 1.61. The van der Waals surface area contributed by atoms with Crippen LogP contribution in [0.1, 0.15) is 19.4 Å². The summed E-state index contributed by atoms with van der Waals surface area (Å²) in [6.45, 7) is 4.24. The number of carbonyl (C=O) groups excluding carboxylic acids is 1. The Morgan fingerprint density at radius 1 is 1.17 bits per heavy atom. The predicted molar refractivity (Wildman–Crippen MR) is 117 cm³/mol. The van der Waals surface area contributed by atoms with Crippen LogP contribution in [-0.4, -0.2) is 33.2 Å². The first-order valence-corrected chi connectivity index (χ1v) is 9.86. The Hall–Kier alpha value is -3.61. The number of rotatable bonds is 6. The SMILES string of the molecule is COc1cccc(Cn2cnc3c4ccccc4n(CC(=O)NC(C)C)c3c2=O)c1. The van der Waals surface area contributed by atoms with E-state index >= 15 is 0 Å². The Morgan fingerprint density at radius 2 is 1.97 bits per heavy atom. The van der Waals surface area contributed by atoms with E-state index in [1.165, 1.54) is 0 Å². The van der Waals surface area contributed by atoms with Crippen LogP contribution < -0.4 is 15.6 Å². The van der Waals surface area contributed by atoms with Gasteiger partial charge >= 0.3 is 0 Å². The first-order chi connectivity index (χ1) is 14.5. The normalized spacial score (nSPS) is 11.3. The number of carbonyl (C=O) groups is 1. The minimum Gasteiger partial charge on any atom is -0.497 e. The van der Waals surface area contributed by atoms with Gasteiger partial charge in [-0.2, -0.15) is 0 Å². The van der Waals surface area contributed by atoms with E-state index in [4.69, 9.17) is 4.74 Å². The molecule has 154 valence electrons. The average molecular weight is 404 g/mol.